The van der Waals surface area contributed by atoms with Gasteiger partial charge in [-0.05, 0) is 41.1 Å². The molecule has 0 fully saturated rings. The van der Waals surface area contributed by atoms with Gasteiger partial charge in [0.15, 0.2) is 5.78 Å². The molecule has 4 heteroatoms. The van der Waals surface area contributed by atoms with E-state index in [-0.39, 0.29) is 5.78 Å². The number of pyridine rings is 1. The molecule has 0 saturated heterocycles. The van der Waals surface area contributed by atoms with Crippen molar-refractivity contribution >= 4 is 28.4 Å². The van der Waals surface area contributed by atoms with E-state index in [4.69, 9.17) is 5.73 Å². The molecule has 0 amide bonds. The summed E-state index contributed by atoms with van der Waals surface area (Å²) in [4.78, 5) is 14.9. The summed E-state index contributed by atoms with van der Waals surface area (Å²) in [6, 6.07) is 3.12. The predicted octanol–water partition coefficient (Wildman–Crippen LogP) is 1.27. The number of nitrogens with two attached hydrogens (primary N) is 1. The Labute approximate surface area is 84.5 Å². The van der Waals surface area contributed by atoms with Crippen molar-refractivity contribution in [2.24, 2.45) is 5.73 Å². The molecule has 1 aromatic heterocycles. The lowest BCUT2D eigenvalue weighted by molar-refractivity contribution is -0.118. The van der Waals surface area contributed by atoms with E-state index in [0.29, 0.717) is 0 Å². The highest BCUT2D eigenvalue weighted by Crippen LogP contribution is 2.10. The third-order valence-corrected chi connectivity index (χ3v) is 2.19. The van der Waals surface area contributed by atoms with Crippen LogP contribution in [0.4, 0.5) is 0 Å². The number of rotatable bonds is 2. The first kappa shape index (κ1) is 9.60. The third-order valence-electron chi connectivity index (χ3n) is 1.55. The molecule has 1 unspecified atom stereocenters. The lowest BCUT2D eigenvalue weighted by Crippen LogP contribution is -2.18. The second kappa shape index (κ2) is 3.95. The molecule has 0 aliphatic carbocycles. The van der Waals surface area contributed by atoms with Crippen molar-refractivity contribution in [1.82, 2.24) is 4.98 Å². The van der Waals surface area contributed by atoms with E-state index < -0.39 is 6.04 Å². The Morgan fingerprint density at radius 3 is 2.75 bits per heavy atom. The van der Waals surface area contributed by atoms with Crippen LogP contribution in [0, 0.1) is 3.70 Å². The van der Waals surface area contributed by atoms with Crippen LogP contribution in [0.2, 0.25) is 0 Å². The van der Waals surface area contributed by atoms with Crippen LogP contribution in [-0.2, 0) is 4.79 Å². The molecule has 0 bridgehead atoms. The van der Waals surface area contributed by atoms with E-state index in [9.17, 15) is 4.79 Å². The highest BCUT2D eigenvalue weighted by atomic mass is 127. The van der Waals surface area contributed by atoms with Crippen molar-refractivity contribution in [1.29, 1.82) is 0 Å². The molecule has 1 atom stereocenters. The first-order valence-electron chi connectivity index (χ1n) is 3.48. The van der Waals surface area contributed by atoms with Crippen molar-refractivity contribution in [2.75, 3.05) is 0 Å². The molecule has 0 aromatic carbocycles. The van der Waals surface area contributed by atoms with Crippen LogP contribution < -0.4 is 5.73 Å². The summed E-state index contributed by atoms with van der Waals surface area (Å²) in [6.45, 7) is 1.47. The number of carbonyl (C=O) groups excluding carboxylic acids is 1. The predicted molar refractivity (Wildman–Crippen MR) is 54.6 cm³/mol. The molecule has 1 aromatic rings. The van der Waals surface area contributed by atoms with Crippen molar-refractivity contribution in [3.63, 3.8) is 0 Å². The number of nitrogens with zero attached hydrogens (tertiary/aromatic N) is 1. The monoisotopic (exact) mass is 276 g/mol. The summed E-state index contributed by atoms with van der Waals surface area (Å²) in [7, 11) is 0. The first-order chi connectivity index (χ1) is 5.61. The molecule has 0 aliphatic rings. The highest BCUT2D eigenvalue weighted by molar-refractivity contribution is 14.1. The molecule has 1 heterocycles. The number of ketones is 1. The minimum Gasteiger partial charge on any atom is -0.318 e. The summed E-state index contributed by atoms with van der Waals surface area (Å²) in [5.41, 5.74) is 6.36. The largest absolute Gasteiger partial charge is 0.318 e. The van der Waals surface area contributed by atoms with Gasteiger partial charge in [-0.1, -0.05) is 6.07 Å². The van der Waals surface area contributed by atoms with Crippen LogP contribution in [-0.4, -0.2) is 10.8 Å². The van der Waals surface area contributed by atoms with Crippen LogP contribution in [0.3, 0.4) is 0 Å². The van der Waals surface area contributed by atoms with Gasteiger partial charge in [-0.25, -0.2) is 4.98 Å². The molecule has 0 aliphatic heterocycles. The van der Waals surface area contributed by atoms with E-state index in [0.717, 1.165) is 9.26 Å². The molecule has 2 N–H and O–H groups in total. The minimum atomic E-state index is -0.533. The number of carbonyl (C=O) groups is 1. The number of halogens is 1. The fraction of sp³-hybridized carbons (Fsp3) is 0.250. The van der Waals surface area contributed by atoms with Gasteiger partial charge in [0.05, 0.1) is 6.04 Å². The molecule has 12 heavy (non-hydrogen) atoms. The summed E-state index contributed by atoms with van der Waals surface area (Å²) in [5, 5.41) is 0. The SMILES string of the molecule is CC(=O)C(N)c1ccc(I)nc1. The zero-order valence-electron chi connectivity index (χ0n) is 6.62. The average molecular weight is 276 g/mol. The molecule has 0 spiro atoms. The lowest BCUT2D eigenvalue weighted by atomic mass is 10.1. The van der Waals surface area contributed by atoms with Gasteiger partial charge in [0.1, 0.15) is 3.70 Å². The summed E-state index contributed by atoms with van der Waals surface area (Å²) < 4.78 is 0.895. The maximum absolute atomic E-state index is 10.9. The van der Waals surface area contributed by atoms with E-state index in [1.807, 2.05) is 12.1 Å². The summed E-state index contributed by atoms with van der Waals surface area (Å²) >= 11 is 2.10. The van der Waals surface area contributed by atoms with Gasteiger partial charge in [0.25, 0.3) is 0 Å². The molecular formula is C8H9IN2O. The van der Waals surface area contributed by atoms with Crippen LogP contribution in [0.1, 0.15) is 18.5 Å². The van der Waals surface area contributed by atoms with Crippen molar-refractivity contribution in [2.45, 2.75) is 13.0 Å². The Morgan fingerprint density at radius 2 is 2.33 bits per heavy atom. The first-order valence-corrected chi connectivity index (χ1v) is 4.56. The Balaban J connectivity index is 2.89. The summed E-state index contributed by atoms with van der Waals surface area (Å²) in [6.07, 6.45) is 1.63. The molecule has 0 radical (unpaired) electrons. The number of aromatic nitrogens is 1. The molecule has 64 valence electrons. The smallest absolute Gasteiger partial charge is 0.151 e. The maximum Gasteiger partial charge on any atom is 0.151 e. The summed E-state index contributed by atoms with van der Waals surface area (Å²) in [5.74, 6) is -0.0435. The minimum absolute atomic E-state index is 0.0435. The number of hydrogen-bond donors (Lipinski definition) is 1. The second-order valence-corrected chi connectivity index (χ2v) is 3.61. The number of hydrogen-bond acceptors (Lipinski definition) is 3. The van der Waals surface area contributed by atoms with E-state index in [1.165, 1.54) is 6.92 Å². The second-order valence-electron chi connectivity index (χ2n) is 2.50. The standard InChI is InChI=1S/C8H9IN2O/c1-5(12)8(10)6-2-3-7(9)11-4-6/h2-4,8H,10H2,1H3. The molecule has 1 rings (SSSR count). The Bertz CT molecular complexity index is 284. The third kappa shape index (κ3) is 2.25. The van der Waals surface area contributed by atoms with Gasteiger partial charge < -0.3 is 5.73 Å². The lowest BCUT2D eigenvalue weighted by Gasteiger charge is -2.06. The van der Waals surface area contributed by atoms with Crippen molar-refractivity contribution in [3.8, 4) is 0 Å². The van der Waals surface area contributed by atoms with Crippen LogP contribution >= 0.6 is 22.6 Å². The van der Waals surface area contributed by atoms with Crippen LogP contribution in [0.25, 0.3) is 0 Å². The molecule has 3 nitrogen and oxygen atoms in total. The van der Waals surface area contributed by atoms with Gasteiger partial charge in [0, 0.05) is 6.20 Å². The van der Waals surface area contributed by atoms with E-state index in [2.05, 4.69) is 27.6 Å². The van der Waals surface area contributed by atoms with Crippen molar-refractivity contribution in [3.05, 3.63) is 27.6 Å². The van der Waals surface area contributed by atoms with E-state index >= 15 is 0 Å². The highest BCUT2D eigenvalue weighted by Gasteiger charge is 2.10. The topological polar surface area (TPSA) is 56.0 Å². The zero-order valence-corrected chi connectivity index (χ0v) is 8.78. The van der Waals surface area contributed by atoms with E-state index in [1.54, 1.807) is 6.20 Å². The van der Waals surface area contributed by atoms with Gasteiger partial charge >= 0.3 is 0 Å². The molecular weight excluding hydrogens is 267 g/mol. The van der Waals surface area contributed by atoms with Crippen LogP contribution in [0.5, 0.6) is 0 Å². The van der Waals surface area contributed by atoms with Gasteiger partial charge in [-0.2, -0.15) is 0 Å². The Kier molecular flexibility index (Phi) is 3.16. The average Bonchev–Trinajstić information content (AvgIpc) is 2.04. The fourth-order valence-corrected chi connectivity index (χ4v) is 1.12. The molecule has 0 saturated carbocycles. The zero-order chi connectivity index (χ0) is 9.14. The number of Topliss-reactive ketones (excluding diaryl/α,β-unsaturated/α-hetero) is 1. The van der Waals surface area contributed by atoms with Gasteiger partial charge in [-0.15, -0.1) is 0 Å². The maximum atomic E-state index is 10.9. The Hall–Kier alpha value is -0.490. The fourth-order valence-electron chi connectivity index (χ4n) is 0.806. The van der Waals surface area contributed by atoms with Crippen LogP contribution in [0.15, 0.2) is 18.3 Å². The van der Waals surface area contributed by atoms with Gasteiger partial charge in [0.2, 0.25) is 0 Å². The van der Waals surface area contributed by atoms with Gasteiger partial charge in [-0.3, -0.25) is 4.79 Å². The Morgan fingerprint density at radius 1 is 1.67 bits per heavy atom. The van der Waals surface area contributed by atoms with Crippen molar-refractivity contribution < 1.29 is 4.79 Å². The quantitative estimate of drug-likeness (QED) is 0.654. The normalized spacial score (nSPS) is 12.6.